The van der Waals surface area contributed by atoms with Gasteiger partial charge in [0.15, 0.2) is 0 Å². The summed E-state index contributed by atoms with van der Waals surface area (Å²) in [6.45, 7) is 0.467. The Morgan fingerprint density at radius 2 is 2.09 bits per heavy atom. The van der Waals surface area contributed by atoms with Crippen LogP contribution in [0, 0.1) is 0 Å². The molecule has 0 fully saturated rings. The minimum Gasteiger partial charge on any atom is -0.489 e. The molecule has 1 atom stereocenters. The summed E-state index contributed by atoms with van der Waals surface area (Å²) in [5.41, 5.74) is 11.3. The fourth-order valence-corrected chi connectivity index (χ4v) is 2.53. The first-order valence-corrected chi connectivity index (χ1v) is 7.41. The molecule has 1 amide bonds. The van der Waals surface area contributed by atoms with Crippen LogP contribution in [-0.2, 0) is 17.8 Å². The fourth-order valence-electron chi connectivity index (χ4n) is 2.53. The molecule has 2 aromatic rings. The zero-order chi connectivity index (χ0) is 16.1. The van der Waals surface area contributed by atoms with Gasteiger partial charge in [-0.25, -0.2) is 0 Å². The number of azide groups is 1. The van der Waals surface area contributed by atoms with Gasteiger partial charge in [-0.15, -0.1) is 0 Å². The van der Waals surface area contributed by atoms with Gasteiger partial charge >= 0.3 is 0 Å². The quantitative estimate of drug-likeness (QED) is 0.528. The number of carbonyl (C=O) groups is 1. The van der Waals surface area contributed by atoms with E-state index >= 15 is 0 Å². The van der Waals surface area contributed by atoms with Gasteiger partial charge in [0.25, 0.3) is 0 Å². The van der Waals surface area contributed by atoms with E-state index in [9.17, 15) is 4.79 Å². The van der Waals surface area contributed by atoms with Crippen LogP contribution >= 0.6 is 0 Å². The molecule has 0 aliphatic carbocycles. The predicted octanol–water partition coefficient (Wildman–Crippen LogP) is 3.83. The number of rotatable bonds is 4. The second kappa shape index (κ2) is 6.85. The zero-order valence-corrected chi connectivity index (χ0v) is 12.5. The van der Waals surface area contributed by atoms with Crippen molar-refractivity contribution in [2.75, 3.05) is 5.32 Å². The molecule has 3 rings (SSSR count). The molecule has 0 saturated carbocycles. The highest BCUT2D eigenvalue weighted by atomic mass is 16.5. The van der Waals surface area contributed by atoms with Gasteiger partial charge in [-0.3, -0.25) is 4.79 Å². The molecule has 0 radical (unpaired) electrons. The SMILES string of the molecule is [N-]=[N+]=NC1CCc2ccc(OCc3ccccc3)cc2NC1=O. The van der Waals surface area contributed by atoms with Gasteiger partial charge < -0.3 is 10.1 Å². The van der Waals surface area contributed by atoms with Crippen LogP contribution in [0.25, 0.3) is 10.4 Å². The largest absolute Gasteiger partial charge is 0.489 e. The smallest absolute Gasteiger partial charge is 0.233 e. The minimum absolute atomic E-state index is 0.276. The van der Waals surface area contributed by atoms with E-state index in [2.05, 4.69) is 15.3 Å². The molecular formula is C17H16N4O2. The first kappa shape index (κ1) is 14.9. The molecule has 23 heavy (non-hydrogen) atoms. The van der Waals surface area contributed by atoms with E-state index < -0.39 is 6.04 Å². The first-order chi connectivity index (χ1) is 11.3. The van der Waals surface area contributed by atoms with Crippen molar-refractivity contribution in [1.82, 2.24) is 0 Å². The molecule has 1 aliphatic heterocycles. The molecule has 2 aromatic carbocycles. The van der Waals surface area contributed by atoms with Gasteiger partial charge in [0.1, 0.15) is 18.4 Å². The van der Waals surface area contributed by atoms with Gasteiger partial charge in [0.2, 0.25) is 5.91 Å². The maximum Gasteiger partial charge on any atom is 0.233 e. The highest BCUT2D eigenvalue weighted by Crippen LogP contribution is 2.28. The third-order valence-corrected chi connectivity index (χ3v) is 3.77. The third kappa shape index (κ3) is 3.62. The molecule has 0 bridgehead atoms. The van der Waals surface area contributed by atoms with Crippen LogP contribution in [-0.4, -0.2) is 11.9 Å². The molecular weight excluding hydrogens is 292 g/mol. The second-order valence-corrected chi connectivity index (χ2v) is 5.34. The predicted molar refractivity (Wildman–Crippen MR) is 87.1 cm³/mol. The van der Waals surface area contributed by atoms with E-state index in [1.807, 2.05) is 48.5 Å². The van der Waals surface area contributed by atoms with E-state index in [1.54, 1.807) is 0 Å². The summed E-state index contributed by atoms with van der Waals surface area (Å²) in [6, 6.07) is 14.9. The van der Waals surface area contributed by atoms with Crippen LogP contribution in [0.1, 0.15) is 17.5 Å². The van der Waals surface area contributed by atoms with E-state index in [-0.39, 0.29) is 5.91 Å². The summed E-state index contributed by atoms with van der Waals surface area (Å²) < 4.78 is 5.78. The van der Waals surface area contributed by atoms with Gasteiger partial charge in [-0.2, -0.15) is 0 Å². The summed E-state index contributed by atoms with van der Waals surface area (Å²) in [7, 11) is 0. The summed E-state index contributed by atoms with van der Waals surface area (Å²) in [6.07, 6.45) is 1.18. The van der Waals surface area contributed by atoms with Crippen molar-refractivity contribution in [2.45, 2.75) is 25.5 Å². The zero-order valence-electron chi connectivity index (χ0n) is 12.5. The van der Waals surface area contributed by atoms with Crippen molar-refractivity contribution in [3.05, 3.63) is 70.1 Å². The second-order valence-electron chi connectivity index (χ2n) is 5.34. The van der Waals surface area contributed by atoms with Gasteiger partial charge in [0.05, 0.1) is 0 Å². The number of ether oxygens (including phenoxy) is 1. The van der Waals surface area contributed by atoms with E-state index in [4.69, 9.17) is 10.3 Å². The number of fused-ring (bicyclic) bond motifs is 1. The highest BCUT2D eigenvalue weighted by Gasteiger charge is 2.22. The maximum absolute atomic E-state index is 12.0. The Morgan fingerprint density at radius 1 is 1.26 bits per heavy atom. The molecule has 0 aromatic heterocycles. The molecule has 0 saturated heterocycles. The molecule has 1 N–H and O–H groups in total. The lowest BCUT2D eigenvalue weighted by Gasteiger charge is -2.11. The number of benzene rings is 2. The summed E-state index contributed by atoms with van der Waals surface area (Å²) >= 11 is 0. The van der Waals surface area contributed by atoms with Crippen molar-refractivity contribution in [3.63, 3.8) is 0 Å². The molecule has 116 valence electrons. The number of nitrogens with zero attached hydrogens (tertiary/aromatic N) is 3. The van der Waals surface area contributed by atoms with Crippen LogP contribution < -0.4 is 10.1 Å². The third-order valence-electron chi connectivity index (χ3n) is 3.77. The molecule has 6 heteroatoms. The lowest BCUT2D eigenvalue weighted by atomic mass is 10.1. The van der Waals surface area contributed by atoms with E-state index in [1.165, 1.54) is 0 Å². The van der Waals surface area contributed by atoms with Gasteiger partial charge in [-0.05, 0) is 35.6 Å². The van der Waals surface area contributed by atoms with Crippen LogP contribution in [0.3, 0.4) is 0 Å². The minimum atomic E-state index is -0.666. The monoisotopic (exact) mass is 308 g/mol. The lowest BCUT2D eigenvalue weighted by Crippen LogP contribution is -2.24. The molecule has 6 nitrogen and oxygen atoms in total. The molecule has 1 heterocycles. The van der Waals surface area contributed by atoms with Crippen molar-refractivity contribution in [2.24, 2.45) is 5.11 Å². The Hall–Kier alpha value is -2.98. The Balaban J connectivity index is 1.74. The Morgan fingerprint density at radius 3 is 2.87 bits per heavy atom. The average Bonchev–Trinajstić information content (AvgIpc) is 2.73. The van der Waals surface area contributed by atoms with Gasteiger partial charge in [0, 0.05) is 16.7 Å². The van der Waals surface area contributed by atoms with Crippen molar-refractivity contribution < 1.29 is 9.53 Å². The number of aryl methyl sites for hydroxylation is 1. The number of nitrogens with one attached hydrogen (secondary N) is 1. The first-order valence-electron chi connectivity index (χ1n) is 7.41. The fraction of sp³-hybridized carbons (Fsp3) is 0.235. The van der Waals surface area contributed by atoms with Crippen LogP contribution in [0.2, 0.25) is 0 Å². The molecule has 1 unspecified atom stereocenters. The molecule has 1 aliphatic rings. The van der Waals surface area contributed by atoms with Crippen molar-refractivity contribution >= 4 is 11.6 Å². The van der Waals surface area contributed by atoms with Crippen LogP contribution in [0.5, 0.6) is 5.75 Å². The Labute approximate surface area is 133 Å². The standard InChI is InChI=1S/C17H16N4O2/c18-21-20-15-9-7-13-6-8-14(10-16(13)19-17(15)22)23-11-12-4-2-1-3-5-12/h1-6,8,10,15H,7,9,11H2,(H,19,22). The van der Waals surface area contributed by atoms with Gasteiger partial charge in [-0.1, -0.05) is 41.5 Å². The topological polar surface area (TPSA) is 87.1 Å². The van der Waals surface area contributed by atoms with E-state index in [0.29, 0.717) is 25.2 Å². The Kier molecular flexibility index (Phi) is 4.45. The van der Waals surface area contributed by atoms with Crippen molar-refractivity contribution in [1.29, 1.82) is 0 Å². The maximum atomic E-state index is 12.0. The normalized spacial score (nSPS) is 16.5. The summed E-state index contributed by atoms with van der Waals surface area (Å²) in [5, 5.41) is 6.36. The number of hydrogen-bond donors (Lipinski definition) is 1. The highest BCUT2D eigenvalue weighted by molar-refractivity contribution is 5.96. The number of carbonyl (C=O) groups excluding carboxylic acids is 1. The number of hydrogen-bond acceptors (Lipinski definition) is 3. The van der Waals surface area contributed by atoms with Crippen LogP contribution in [0.15, 0.2) is 53.6 Å². The van der Waals surface area contributed by atoms with Crippen molar-refractivity contribution in [3.8, 4) is 5.75 Å². The summed E-state index contributed by atoms with van der Waals surface area (Å²) in [5.74, 6) is 0.414. The molecule has 0 spiro atoms. The number of anilines is 1. The number of amides is 1. The van der Waals surface area contributed by atoms with E-state index in [0.717, 1.165) is 16.8 Å². The lowest BCUT2D eigenvalue weighted by molar-refractivity contribution is -0.117. The van der Waals surface area contributed by atoms with Crippen LogP contribution in [0.4, 0.5) is 5.69 Å². The average molecular weight is 308 g/mol. The summed E-state index contributed by atoms with van der Waals surface area (Å²) in [4.78, 5) is 14.8. The Bertz CT molecular complexity index is 754.